The molecule has 1 aliphatic rings. The van der Waals surface area contributed by atoms with Crippen molar-refractivity contribution in [3.8, 4) is 0 Å². The first-order chi connectivity index (χ1) is 9.06. The number of likely N-dealkylation sites (N-methyl/N-ethyl adjacent to an activating group) is 1. The Morgan fingerprint density at radius 2 is 2.32 bits per heavy atom. The maximum Gasteiger partial charge on any atom is 0.173 e. The van der Waals surface area contributed by atoms with Gasteiger partial charge in [0.05, 0.1) is 22.7 Å². The lowest BCUT2D eigenvalue weighted by Crippen LogP contribution is -2.38. The second kappa shape index (κ2) is 5.67. The van der Waals surface area contributed by atoms with E-state index in [0.29, 0.717) is 10.6 Å². The van der Waals surface area contributed by atoms with Gasteiger partial charge in [-0.15, -0.1) is 0 Å². The fourth-order valence-electron chi connectivity index (χ4n) is 2.52. The van der Waals surface area contributed by atoms with Crippen LogP contribution in [-0.4, -0.2) is 36.8 Å². The monoisotopic (exact) mass is 283 g/mol. The third-order valence-corrected chi connectivity index (χ3v) is 3.88. The maximum absolute atomic E-state index is 8.90. The number of ether oxygens (including phenoxy) is 1. The van der Waals surface area contributed by atoms with E-state index in [1.165, 1.54) is 0 Å². The molecule has 1 aromatic carbocycles. The van der Waals surface area contributed by atoms with Gasteiger partial charge in [-0.3, -0.25) is 0 Å². The number of anilines is 1. The minimum atomic E-state index is 0.0130. The second-order valence-corrected chi connectivity index (χ2v) is 5.07. The molecule has 1 heterocycles. The molecule has 2 rings (SSSR count). The molecule has 3 N–H and O–H groups in total. The first-order valence-corrected chi connectivity index (χ1v) is 6.55. The van der Waals surface area contributed by atoms with Gasteiger partial charge in [-0.1, -0.05) is 22.8 Å². The van der Waals surface area contributed by atoms with Crippen LogP contribution < -0.4 is 10.6 Å². The van der Waals surface area contributed by atoms with Crippen molar-refractivity contribution in [1.29, 1.82) is 0 Å². The number of amidine groups is 1. The van der Waals surface area contributed by atoms with Crippen LogP contribution in [0.2, 0.25) is 5.02 Å². The Hall–Kier alpha value is -1.46. The van der Waals surface area contributed by atoms with Crippen LogP contribution in [0, 0.1) is 0 Å². The van der Waals surface area contributed by atoms with Crippen LogP contribution in [-0.2, 0) is 4.74 Å². The molecular weight excluding hydrogens is 266 g/mol. The standard InChI is InChI=1S/C13H18ClN3O2/c1-8-10(6-7-19-8)17(2)11-5-3-4-9(14)12(11)13(15)16-18/h3-5,8,10,18H,6-7H2,1-2H3,(H2,15,16). The summed E-state index contributed by atoms with van der Waals surface area (Å²) in [4.78, 5) is 2.08. The highest BCUT2D eigenvalue weighted by Crippen LogP contribution is 2.31. The number of nitrogens with zero attached hydrogens (tertiary/aromatic N) is 2. The van der Waals surface area contributed by atoms with Crippen molar-refractivity contribution in [2.75, 3.05) is 18.6 Å². The second-order valence-electron chi connectivity index (χ2n) is 4.66. The average Bonchev–Trinajstić information content (AvgIpc) is 2.83. The van der Waals surface area contributed by atoms with Gasteiger partial charge in [0.2, 0.25) is 0 Å². The quantitative estimate of drug-likeness (QED) is 0.385. The topological polar surface area (TPSA) is 71.1 Å². The van der Waals surface area contributed by atoms with Gasteiger partial charge in [-0.2, -0.15) is 0 Å². The SMILES string of the molecule is CC1OCCC1N(C)c1cccc(Cl)c1/C(N)=N/O. The number of benzene rings is 1. The molecule has 0 aromatic heterocycles. The number of oxime groups is 1. The van der Waals surface area contributed by atoms with Gasteiger partial charge in [-0.25, -0.2) is 0 Å². The molecule has 1 saturated heterocycles. The molecule has 104 valence electrons. The Morgan fingerprint density at radius 1 is 1.58 bits per heavy atom. The van der Waals surface area contributed by atoms with Crippen LogP contribution in [0.25, 0.3) is 0 Å². The van der Waals surface area contributed by atoms with Crippen molar-refractivity contribution in [1.82, 2.24) is 0 Å². The lowest BCUT2D eigenvalue weighted by atomic mass is 10.1. The molecule has 0 radical (unpaired) electrons. The molecular formula is C13H18ClN3O2. The van der Waals surface area contributed by atoms with E-state index in [2.05, 4.69) is 10.1 Å². The smallest absolute Gasteiger partial charge is 0.173 e. The lowest BCUT2D eigenvalue weighted by Gasteiger charge is -2.30. The van der Waals surface area contributed by atoms with Crippen LogP contribution in [0.1, 0.15) is 18.9 Å². The van der Waals surface area contributed by atoms with Crippen molar-refractivity contribution < 1.29 is 9.94 Å². The third-order valence-electron chi connectivity index (χ3n) is 3.57. The summed E-state index contributed by atoms with van der Waals surface area (Å²) >= 11 is 6.16. The molecule has 6 heteroatoms. The van der Waals surface area contributed by atoms with Crippen molar-refractivity contribution >= 4 is 23.1 Å². The molecule has 0 amide bonds. The highest BCUT2D eigenvalue weighted by Gasteiger charge is 2.29. The zero-order valence-electron chi connectivity index (χ0n) is 11.0. The van der Waals surface area contributed by atoms with E-state index in [-0.39, 0.29) is 18.0 Å². The normalized spacial score (nSPS) is 23.6. The molecule has 1 fully saturated rings. The third kappa shape index (κ3) is 2.62. The van der Waals surface area contributed by atoms with Crippen molar-refractivity contribution in [2.24, 2.45) is 10.9 Å². The highest BCUT2D eigenvalue weighted by atomic mass is 35.5. The highest BCUT2D eigenvalue weighted by molar-refractivity contribution is 6.34. The Kier molecular flexibility index (Phi) is 4.17. The Morgan fingerprint density at radius 3 is 2.89 bits per heavy atom. The molecule has 19 heavy (non-hydrogen) atoms. The molecule has 2 unspecified atom stereocenters. The molecule has 0 saturated carbocycles. The summed E-state index contributed by atoms with van der Waals surface area (Å²) in [6.45, 7) is 2.79. The van der Waals surface area contributed by atoms with E-state index in [4.69, 9.17) is 27.3 Å². The van der Waals surface area contributed by atoms with E-state index in [1.807, 2.05) is 26.1 Å². The largest absolute Gasteiger partial charge is 0.409 e. The fourth-order valence-corrected chi connectivity index (χ4v) is 2.78. The molecule has 2 atom stereocenters. The van der Waals surface area contributed by atoms with Crippen LogP contribution in [0.4, 0.5) is 5.69 Å². The summed E-state index contributed by atoms with van der Waals surface area (Å²) in [5.74, 6) is 0.0130. The van der Waals surface area contributed by atoms with Gasteiger partial charge in [-0.05, 0) is 25.5 Å². The van der Waals surface area contributed by atoms with Crippen molar-refractivity contribution in [2.45, 2.75) is 25.5 Å². The van der Waals surface area contributed by atoms with Crippen LogP contribution in [0.5, 0.6) is 0 Å². The zero-order chi connectivity index (χ0) is 14.0. The minimum absolute atomic E-state index is 0.0130. The molecule has 1 aliphatic heterocycles. The number of halogens is 1. The van der Waals surface area contributed by atoms with Gasteiger partial charge in [0, 0.05) is 19.3 Å². The minimum Gasteiger partial charge on any atom is -0.409 e. The summed E-state index contributed by atoms with van der Waals surface area (Å²) in [6, 6.07) is 5.73. The molecule has 0 spiro atoms. The van der Waals surface area contributed by atoms with Gasteiger partial charge in [0.1, 0.15) is 0 Å². The summed E-state index contributed by atoms with van der Waals surface area (Å²) in [7, 11) is 1.97. The number of hydrogen-bond donors (Lipinski definition) is 2. The van der Waals surface area contributed by atoms with E-state index in [1.54, 1.807) is 6.07 Å². The average molecular weight is 284 g/mol. The van der Waals surface area contributed by atoms with Gasteiger partial charge >= 0.3 is 0 Å². The van der Waals surface area contributed by atoms with Gasteiger partial charge < -0.3 is 20.6 Å². The van der Waals surface area contributed by atoms with Gasteiger partial charge in [0.15, 0.2) is 5.84 Å². The summed E-state index contributed by atoms with van der Waals surface area (Å²) in [5.41, 5.74) is 7.11. The maximum atomic E-state index is 8.90. The summed E-state index contributed by atoms with van der Waals surface area (Å²) < 4.78 is 5.58. The lowest BCUT2D eigenvalue weighted by molar-refractivity contribution is 0.118. The Balaban J connectivity index is 2.41. The molecule has 0 bridgehead atoms. The first kappa shape index (κ1) is 14.0. The molecule has 0 aliphatic carbocycles. The van der Waals surface area contributed by atoms with Crippen molar-refractivity contribution in [3.05, 3.63) is 28.8 Å². The molecule has 5 nitrogen and oxygen atoms in total. The van der Waals surface area contributed by atoms with E-state index < -0.39 is 0 Å². The summed E-state index contributed by atoms with van der Waals surface area (Å²) in [6.07, 6.45) is 1.09. The predicted octanol–water partition coefficient (Wildman–Crippen LogP) is 2.05. The fraction of sp³-hybridized carbons (Fsp3) is 0.462. The summed E-state index contributed by atoms with van der Waals surface area (Å²) in [5, 5.41) is 12.4. The Labute approximate surface area is 117 Å². The number of nitrogens with two attached hydrogens (primary N) is 1. The zero-order valence-corrected chi connectivity index (χ0v) is 11.8. The number of rotatable bonds is 3. The predicted molar refractivity (Wildman–Crippen MR) is 76.2 cm³/mol. The van der Waals surface area contributed by atoms with E-state index in [9.17, 15) is 0 Å². The first-order valence-electron chi connectivity index (χ1n) is 6.17. The van der Waals surface area contributed by atoms with Gasteiger partial charge in [0.25, 0.3) is 0 Å². The van der Waals surface area contributed by atoms with Crippen LogP contribution >= 0.6 is 11.6 Å². The number of hydrogen-bond acceptors (Lipinski definition) is 4. The Bertz CT molecular complexity index is 493. The van der Waals surface area contributed by atoms with E-state index in [0.717, 1.165) is 18.7 Å². The van der Waals surface area contributed by atoms with Crippen molar-refractivity contribution in [3.63, 3.8) is 0 Å². The van der Waals surface area contributed by atoms with Crippen LogP contribution in [0.15, 0.2) is 23.4 Å². The van der Waals surface area contributed by atoms with Crippen LogP contribution in [0.3, 0.4) is 0 Å². The van der Waals surface area contributed by atoms with E-state index >= 15 is 0 Å². The molecule has 1 aromatic rings.